The number of methoxy groups -OCH3 is 2. The molecule has 0 unspecified atom stereocenters. The number of nitro groups is 2. The van der Waals surface area contributed by atoms with E-state index in [1.165, 1.54) is 44.2 Å². The Morgan fingerprint density at radius 3 is 1.58 bits per heavy atom. The van der Waals surface area contributed by atoms with Crippen LogP contribution in [0.5, 0.6) is 11.5 Å². The first kappa shape index (κ1) is 47.4. The van der Waals surface area contributed by atoms with Crippen LogP contribution in [0.4, 0.5) is 11.4 Å². The van der Waals surface area contributed by atoms with E-state index in [0.717, 1.165) is 35.5 Å². The van der Waals surface area contributed by atoms with Crippen molar-refractivity contribution in [2.45, 2.75) is 89.9 Å². The van der Waals surface area contributed by atoms with Crippen LogP contribution in [0.3, 0.4) is 0 Å². The molecule has 3 saturated heterocycles. The molecule has 2 atom stereocenters. The third kappa shape index (κ3) is 12.5. The second-order valence-electron chi connectivity index (χ2n) is 17.1. The summed E-state index contributed by atoms with van der Waals surface area (Å²) in [6.07, 6.45) is 2.40. The van der Waals surface area contributed by atoms with Crippen molar-refractivity contribution in [3.63, 3.8) is 0 Å². The van der Waals surface area contributed by atoms with E-state index in [4.69, 9.17) is 18.6 Å². The summed E-state index contributed by atoms with van der Waals surface area (Å²) in [5.74, 6) is 1.22. The molecule has 62 heavy (non-hydrogen) atoms. The van der Waals surface area contributed by atoms with Gasteiger partial charge in [0.25, 0.3) is 11.4 Å². The fourth-order valence-corrected chi connectivity index (χ4v) is 8.49. The number of β-amino-alcohol motifs (C(OH)–C–C–N with tert-alkyl or cyclic N) is 1. The van der Waals surface area contributed by atoms with Crippen LogP contribution in [0.2, 0.25) is 18.1 Å². The van der Waals surface area contributed by atoms with E-state index < -0.39 is 24.3 Å². The van der Waals surface area contributed by atoms with Gasteiger partial charge in [0.2, 0.25) is 11.8 Å². The Hall–Kier alpha value is -5.68. The molecule has 3 aliphatic heterocycles. The van der Waals surface area contributed by atoms with E-state index in [9.17, 15) is 34.9 Å². The van der Waals surface area contributed by atoms with Crippen LogP contribution >= 0.6 is 0 Å². The first-order valence-electron chi connectivity index (χ1n) is 20.7. The minimum Gasteiger partial charge on any atom is -0.496 e. The Morgan fingerprint density at radius 2 is 1.19 bits per heavy atom. The topological polar surface area (TPSA) is 184 Å². The minimum absolute atomic E-state index is 0.00259. The number of nitrogens with zero attached hydrogens (tertiary/aromatic N) is 4. The van der Waals surface area contributed by atoms with Gasteiger partial charge in [0.05, 0.1) is 49.1 Å². The van der Waals surface area contributed by atoms with Crippen LogP contribution in [0, 0.1) is 20.2 Å². The number of benzene rings is 4. The second-order valence-corrected chi connectivity index (χ2v) is 21.9. The summed E-state index contributed by atoms with van der Waals surface area (Å²) < 4.78 is 22.3. The lowest BCUT2D eigenvalue weighted by Crippen LogP contribution is -2.44. The van der Waals surface area contributed by atoms with Gasteiger partial charge in [-0.3, -0.25) is 29.8 Å². The maximum atomic E-state index is 12.7. The van der Waals surface area contributed by atoms with Crippen molar-refractivity contribution in [2.24, 2.45) is 0 Å². The zero-order valence-electron chi connectivity index (χ0n) is 36.6. The van der Waals surface area contributed by atoms with Gasteiger partial charge >= 0.3 is 0 Å². The number of carbonyl (C=O) groups is 2. The third-order valence-corrected chi connectivity index (χ3v) is 16.0. The average molecular weight is 871 g/mol. The molecule has 4 aromatic rings. The van der Waals surface area contributed by atoms with Gasteiger partial charge in [-0.05, 0) is 77.5 Å². The fraction of sp³-hybridized carbons (Fsp3) is 0.435. The maximum absolute atomic E-state index is 12.7. The van der Waals surface area contributed by atoms with E-state index in [1.54, 1.807) is 36.3 Å². The lowest BCUT2D eigenvalue weighted by molar-refractivity contribution is -0.385. The molecule has 3 heterocycles. The lowest BCUT2D eigenvalue weighted by atomic mass is 10.0. The van der Waals surface area contributed by atoms with Gasteiger partial charge in [0, 0.05) is 74.8 Å². The van der Waals surface area contributed by atoms with Crippen LogP contribution in [-0.2, 0) is 31.8 Å². The van der Waals surface area contributed by atoms with Crippen LogP contribution in [0.1, 0.15) is 57.6 Å². The molecule has 3 fully saturated rings. The molecule has 0 radical (unpaired) electrons. The number of non-ortho nitro benzene ring substituents is 2. The predicted molar refractivity (Wildman–Crippen MR) is 238 cm³/mol. The van der Waals surface area contributed by atoms with E-state index in [2.05, 4.69) is 33.9 Å². The van der Waals surface area contributed by atoms with Gasteiger partial charge in [0.1, 0.15) is 11.5 Å². The van der Waals surface area contributed by atoms with E-state index in [1.807, 2.05) is 41.3 Å². The van der Waals surface area contributed by atoms with Gasteiger partial charge in [-0.15, -0.1) is 0 Å². The highest BCUT2D eigenvalue weighted by Gasteiger charge is 2.42. The first-order chi connectivity index (χ1) is 29.4. The molecule has 1 N–H and O–H groups in total. The van der Waals surface area contributed by atoms with Gasteiger partial charge in [0.15, 0.2) is 8.32 Å². The van der Waals surface area contributed by atoms with Crippen molar-refractivity contribution in [1.82, 2.24) is 9.80 Å². The van der Waals surface area contributed by atoms with Crippen molar-refractivity contribution in [1.29, 1.82) is 0 Å². The number of hydrogen-bond acceptors (Lipinski definition) is 11. The smallest absolute Gasteiger partial charge is 0.270 e. The number of rotatable bonds is 12. The minimum atomic E-state index is -1.95. The number of carbonyl (C=O) groups excluding carboxylic acids is 2. The standard InChI is InChI=1S/C24H32N2O5Si.C18H18N2O5.C4H8O/c1-24(2,3)32(5,6)31-20-14-23(27)25(16-20)15-17-10-11-22(30-4)21(12-17)18-8-7-9-19(13-18)26(28)29;1-25-17-6-5-12(10-19-11-15(21)9-18(19)22)7-16(17)13-3-2-4-14(8-13)20(23)24;1-2-4-5-3-1/h7-13,20H,14-16H2,1-6H3;2-8,15,21H,9-11H2,1H3;1-4H2/t20-;15-;/m00./s1. The number of hydrogen-bond donors (Lipinski definition) is 1. The average Bonchev–Trinajstić information content (AvgIpc) is 4.00. The Bertz CT molecular complexity index is 2220. The molecule has 7 rings (SSSR count). The van der Waals surface area contributed by atoms with Crippen molar-refractivity contribution >= 4 is 31.5 Å². The molecule has 0 aromatic heterocycles. The largest absolute Gasteiger partial charge is 0.496 e. The van der Waals surface area contributed by atoms with Crippen LogP contribution < -0.4 is 9.47 Å². The Balaban J connectivity index is 0.000000215. The monoisotopic (exact) mass is 870 g/mol. The van der Waals surface area contributed by atoms with E-state index >= 15 is 0 Å². The van der Waals surface area contributed by atoms with Crippen molar-refractivity contribution < 1.29 is 43.2 Å². The summed E-state index contributed by atoms with van der Waals surface area (Å²) in [6.45, 7) is 14.7. The van der Waals surface area contributed by atoms with Gasteiger partial charge in [-0.1, -0.05) is 57.2 Å². The molecular weight excluding hydrogens is 813 g/mol. The zero-order chi connectivity index (χ0) is 45.2. The SMILES string of the molecule is C1CCOC1.COc1ccc(CN2C[C@@H](O)CC2=O)cc1-c1cccc([N+](=O)[O-])c1.COc1ccc(CN2C[C@@H](O[Si](C)(C)C(C)(C)C)CC2=O)cc1-c1cccc([N+](=O)[O-])c1. The number of aliphatic hydroxyl groups excluding tert-OH is 1. The predicted octanol–water partition coefficient (Wildman–Crippen LogP) is 8.55. The van der Waals surface area contributed by atoms with Gasteiger partial charge in [-0.2, -0.15) is 0 Å². The molecule has 0 spiro atoms. The summed E-state index contributed by atoms with van der Waals surface area (Å²) in [7, 11) is 1.16. The molecule has 332 valence electrons. The van der Waals surface area contributed by atoms with Crippen molar-refractivity contribution in [3.05, 3.63) is 116 Å². The molecule has 0 aliphatic carbocycles. The molecule has 0 bridgehead atoms. The Labute approximate surface area is 364 Å². The number of ether oxygens (including phenoxy) is 3. The molecular formula is C46H58N4O11Si. The number of nitro benzene ring substituents is 2. The summed E-state index contributed by atoms with van der Waals surface area (Å²) in [5, 5.41) is 31.9. The highest BCUT2D eigenvalue weighted by Crippen LogP contribution is 2.39. The molecule has 15 nitrogen and oxygen atoms in total. The number of likely N-dealkylation sites (tertiary alicyclic amines) is 2. The van der Waals surface area contributed by atoms with E-state index in [0.29, 0.717) is 55.2 Å². The molecule has 3 aliphatic rings. The molecule has 2 amide bonds. The number of amides is 2. The van der Waals surface area contributed by atoms with Crippen molar-refractivity contribution in [2.75, 3.05) is 40.5 Å². The summed E-state index contributed by atoms with van der Waals surface area (Å²) in [5.41, 5.74) is 4.67. The molecule has 4 aromatic carbocycles. The van der Waals surface area contributed by atoms with E-state index in [-0.39, 0.29) is 40.8 Å². The Morgan fingerprint density at radius 1 is 0.726 bits per heavy atom. The van der Waals surface area contributed by atoms with Gasteiger partial charge in [-0.25, -0.2) is 0 Å². The van der Waals surface area contributed by atoms with Gasteiger partial charge < -0.3 is 33.5 Å². The summed E-state index contributed by atoms with van der Waals surface area (Å²) in [4.78, 5) is 49.3. The highest BCUT2D eigenvalue weighted by molar-refractivity contribution is 6.74. The van der Waals surface area contributed by atoms with Crippen LogP contribution in [0.25, 0.3) is 22.3 Å². The number of aliphatic hydroxyl groups is 1. The first-order valence-corrected chi connectivity index (χ1v) is 23.6. The van der Waals surface area contributed by atoms with Crippen molar-refractivity contribution in [3.8, 4) is 33.8 Å². The summed E-state index contributed by atoms with van der Waals surface area (Å²) >= 11 is 0. The molecule has 16 heteroatoms. The zero-order valence-corrected chi connectivity index (χ0v) is 37.6. The highest BCUT2D eigenvalue weighted by atomic mass is 28.4. The quantitative estimate of drug-likeness (QED) is 0.0818. The lowest BCUT2D eigenvalue weighted by Gasteiger charge is -2.38. The molecule has 0 saturated carbocycles. The normalized spacial score (nSPS) is 17.5. The fourth-order valence-electron chi connectivity index (χ4n) is 7.15. The third-order valence-electron chi connectivity index (χ3n) is 11.5. The van der Waals surface area contributed by atoms with Crippen LogP contribution in [-0.4, -0.2) is 97.6 Å². The van der Waals surface area contributed by atoms with Crippen LogP contribution in [0.15, 0.2) is 84.9 Å². The maximum Gasteiger partial charge on any atom is 0.270 e. The Kier molecular flexibility index (Phi) is 16.0. The summed E-state index contributed by atoms with van der Waals surface area (Å²) in [6, 6.07) is 24.0. The second kappa shape index (κ2) is 20.9.